The molecule has 160 valence electrons. The molecule has 0 amide bonds. The van der Waals surface area contributed by atoms with Crippen LogP contribution in [0.4, 0.5) is 0 Å². The number of ether oxygens (including phenoxy) is 2. The zero-order chi connectivity index (χ0) is 21.4. The van der Waals surface area contributed by atoms with Gasteiger partial charge in [-0.05, 0) is 43.8 Å². The average molecular weight is 411 g/mol. The number of hydrogen-bond acceptors (Lipinski definition) is 5. The standard InChI is InChI=1S/C22H38O5Si/c1-15-10-11-22-19(5,14-25-7)20(6,27-28(8,9)18(2,3)4)16(23)12-21(15,22)13-17(24)26-22/h15H,10-14H2,1-9H3/t15-,19-,20?,21-,22?/m1/s1. The molecule has 28 heavy (non-hydrogen) atoms. The molecule has 5 nitrogen and oxygen atoms in total. The Kier molecular flexibility index (Phi) is 4.82. The van der Waals surface area contributed by atoms with Crippen LogP contribution in [0.25, 0.3) is 0 Å². The summed E-state index contributed by atoms with van der Waals surface area (Å²) in [7, 11) is -0.611. The van der Waals surface area contributed by atoms with Gasteiger partial charge in [0.25, 0.3) is 0 Å². The van der Waals surface area contributed by atoms with Crippen LogP contribution in [0.3, 0.4) is 0 Å². The molecule has 0 aromatic carbocycles. The van der Waals surface area contributed by atoms with Gasteiger partial charge in [-0.25, -0.2) is 0 Å². The van der Waals surface area contributed by atoms with Crippen molar-refractivity contribution >= 4 is 20.1 Å². The van der Waals surface area contributed by atoms with Crippen molar-refractivity contribution in [3.63, 3.8) is 0 Å². The topological polar surface area (TPSA) is 61.8 Å². The molecule has 1 saturated heterocycles. The van der Waals surface area contributed by atoms with Crippen molar-refractivity contribution < 1.29 is 23.5 Å². The molecule has 2 aliphatic carbocycles. The lowest BCUT2D eigenvalue weighted by Crippen LogP contribution is -2.75. The highest BCUT2D eigenvalue weighted by Crippen LogP contribution is 2.72. The Morgan fingerprint density at radius 3 is 2.32 bits per heavy atom. The first-order valence-electron chi connectivity index (χ1n) is 10.6. The van der Waals surface area contributed by atoms with Crippen molar-refractivity contribution in [2.45, 2.75) is 96.6 Å². The molecule has 5 atom stereocenters. The molecule has 0 spiro atoms. The summed E-state index contributed by atoms with van der Waals surface area (Å²) >= 11 is 0. The van der Waals surface area contributed by atoms with Crippen LogP contribution in [0.15, 0.2) is 0 Å². The van der Waals surface area contributed by atoms with E-state index in [0.717, 1.165) is 12.8 Å². The van der Waals surface area contributed by atoms with E-state index in [1.165, 1.54) is 0 Å². The number of ketones is 1. The van der Waals surface area contributed by atoms with E-state index in [9.17, 15) is 9.59 Å². The van der Waals surface area contributed by atoms with Crippen LogP contribution in [0, 0.1) is 16.7 Å². The van der Waals surface area contributed by atoms with Gasteiger partial charge in [0, 0.05) is 18.9 Å². The van der Waals surface area contributed by atoms with E-state index in [1.807, 2.05) is 6.92 Å². The van der Waals surface area contributed by atoms with Gasteiger partial charge in [-0.3, -0.25) is 9.59 Å². The highest BCUT2D eigenvalue weighted by molar-refractivity contribution is 6.74. The molecule has 0 bridgehead atoms. The maximum atomic E-state index is 13.8. The van der Waals surface area contributed by atoms with E-state index in [-0.39, 0.29) is 22.7 Å². The minimum Gasteiger partial charge on any atom is -0.458 e. The van der Waals surface area contributed by atoms with Crippen molar-refractivity contribution in [3.8, 4) is 0 Å². The number of carbonyl (C=O) groups excluding carboxylic acids is 2. The fraction of sp³-hybridized carbons (Fsp3) is 0.909. The Hall–Kier alpha value is -0.723. The lowest BCUT2D eigenvalue weighted by Gasteiger charge is -2.63. The quantitative estimate of drug-likeness (QED) is 0.505. The van der Waals surface area contributed by atoms with Crippen LogP contribution in [0.5, 0.6) is 0 Å². The van der Waals surface area contributed by atoms with Crippen molar-refractivity contribution in [2.75, 3.05) is 13.7 Å². The molecule has 2 unspecified atom stereocenters. The first-order chi connectivity index (χ1) is 12.6. The number of rotatable bonds is 4. The maximum absolute atomic E-state index is 13.8. The Bertz CT molecular complexity index is 698. The average Bonchev–Trinajstić information content (AvgIpc) is 2.97. The summed E-state index contributed by atoms with van der Waals surface area (Å²) in [6, 6.07) is 0. The summed E-state index contributed by atoms with van der Waals surface area (Å²) in [6.45, 7) is 17.4. The number of carbonyl (C=O) groups is 2. The van der Waals surface area contributed by atoms with Gasteiger partial charge in [-0.15, -0.1) is 0 Å². The van der Waals surface area contributed by atoms with Crippen LogP contribution in [0.1, 0.15) is 67.2 Å². The fourth-order valence-corrected chi connectivity index (χ4v) is 7.81. The van der Waals surface area contributed by atoms with Gasteiger partial charge in [0.1, 0.15) is 11.2 Å². The van der Waals surface area contributed by atoms with Crippen LogP contribution < -0.4 is 0 Å². The summed E-state index contributed by atoms with van der Waals surface area (Å²) in [4.78, 5) is 26.4. The van der Waals surface area contributed by atoms with E-state index in [2.05, 4.69) is 47.7 Å². The molecular formula is C22H38O5Si. The fourth-order valence-electron chi connectivity index (χ4n) is 6.14. The van der Waals surface area contributed by atoms with Gasteiger partial charge in [0.15, 0.2) is 14.1 Å². The predicted molar refractivity (Wildman–Crippen MR) is 111 cm³/mol. The van der Waals surface area contributed by atoms with E-state index in [1.54, 1.807) is 7.11 Å². The molecule has 1 aliphatic heterocycles. The predicted octanol–water partition coefficient (Wildman–Crippen LogP) is 4.49. The Balaban J connectivity index is 2.21. The lowest BCUT2D eigenvalue weighted by atomic mass is 9.46. The second-order valence-corrected chi connectivity index (χ2v) is 16.1. The molecule has 3 rings (SSSR count). The molecule has 3 fully saturated rings. The molecule has 0 N–H and O–H groups in total. The second-order valence-electron chi connectivity index (χ2n) is 11.3. The number of hydrogen-bond donors (Lipinski definition) is 0. The summed E-state index contributed by atoms with van der Waals surface area (Å²) < 4.78 is 18.8. The highest BCUT2D eigenvalue weighted by Gasteiger charge is 2.81. The smallest absolute Gasteiger partial charge is 0.307 e. The van der Waals surface area contributed by atoms with E-state index in [0.29, 0.717) is 19.4 Å². The Labute approximate surface area is 171 Å². The van der Waals surface area contributed by atoms with Gasteiger partial charge < -0.3 is 13.9 Å². The molecule has 3 aliphatic rings. The molecular weight excluding hydrogens is 372 g/mol. The third-order valence-electron chi connectivity index (χ3n) is 9.08. The minimum atomic E-state index is -2.27. The van der Waals surface area contributed by atoms with Crippen LogP contribution in [0.2, 0.25) is 18.1 Å². The zero-order valence-electron chi connectivity index (χ0n) is 19.2. The van der Waals surface area contributed by atoms with Crippen molar-refractivity contribution in [1.82, 2.24) is 0 Å². The molecule has 6 heteroatoms. The van der Waals surface area contributed by atoms with Crippen molar-refractivity contribution in [3.05, 3.63) is 0 Å². The van der Waals surface area contributed by atoms with Gasteiger partial charge in [0.05, 0.1) is 18.4 Å². The molecule has 0 aromatic rings. The number of Topliss-reactive ketones (excluding diaryl/α,β-unsaturated/α-hetero) is 1. The van der Waals surface area contributed by atoms with Crippen molar-refractivity contribution in [2.24, 2.45) is 16.7 Å². The van der Waals surface area contributed by atoms with Crippen molar-refractivity contribution in [1.29, 1.82) is 0 Å². The summed E-state index contributed by atoms with van der Waals surface area (Å²) in [5, 5.41) is -0.0359. The summed E-state index contributed by atoms with van der Waals surface area (Å²) in [5.74, 6) is 0.175. The monoisotopic (exact) mass is 410 g/mol. The molecule has 1 heterocycles. The highest BCUT2D eigenvalue weighted by atomic mass is 28.4. The molecule has 2 saturated carbocycles. The maximum Gasteiger partial charge on any atom is 0.307 e. The van der Waals surface area contributed by atoms with Crippen LogP contribution in [-0.4, -0.2) is 45.0 Å². The Morgan fingerprint density at radius 1 is 1.18 bits per heavy atom. The third kappa shape index (κ3) is 2.43. The largest absolute Gasteiger partial charge is 0.458 e. The Morgan fingerprint density at radius 2 is 1.79 bits per heavy atom. The number of esters is 1. The minimum absolute atomic E-state index is 0.0359. The lowest BCUT2D eigenvalue weighted by molar-refractivity contribution is -0.243. The van der Waals surface area contributed by atoms with Gasteiger partial charge in [-0.1, -0.05) is 34.6 Å². The van der Waals surface area contributed by atoms with Crippen LogP contribution >= 0.6 is 0 Å². The zero-order valence-corrected chi connectivity index (χ0v) is 20.2. The SMILES string of the molecule is COC[C@]1(C)C(C)(O[Si](C)(C)C(C)(C)C)C(=O)C[C@]23CC(=O)OC21CC[C@H]3C. The first kappa shape index (κ1) is 22.0. The van der Waals surface area contributed by atoms with Gasteiger partial charge in [0.2, 0.25) is 0 Å². The van der Waals surface area contributed by atoms with E-state index < -0.39 is 30.3 Å². The van der Waals surface area contributed by atoms with Crippen LogP contribution in [-0.2, 0) is 23.5 Å². The second kappa shape index (κ2) is 6.14. The van der Waals surface area contributed by atoms with Gasteiger partial charge >= 0.3 is 5.97 Å². The molecule has 0 radical (unpaired) electrons. The third-order valence-corrected chi connectivity index (χ3v) is 13.6. The van der Waals surface area contributed by atoms with Gasteiger partial charge in [-0.2, -0.15) is 0 Å². The van der Waals surface area contributed by atoms with E-state index >= 15 is 0 Å². The van der Waals surface area contributed by atoms with E-state index in [4.69, 9.17) is 13.9 Å². The summed E-state index contributed by atoms with van der Waals surface area (Å²) in [6.07, 6.45) is 2.40. The number of methoxy groups -OCH3 is 1. The summed E-state index contributed by atoms with van der Waals surface area (Å²) in [5.41, 5.74) is -2.94. The normalized spacial score (nSPS) is 43.7. The molecule has 0 aromatic heterocycles. The first-order valence-corrected chi connectivity index (χ1v) is 13.5.